The number of halogens is 1. The average Bonchev–Trinajstić information content (AvgIpc) is 2.57. The molecule has 0 aliphatic rings. The first-order valence-electron chi connectivity index (χ1n) is 6.86. The average molecular weight is 353 g/mol. The summed E-state index contributed by atoms with van der Waals surface area (Å²) >= 11 is 11.1. The Balaban J connectivity index is 1.87. The third kappa shape index (κ3) is 4.94. The van der Waals surface area contributed by atoms with Crippen LogP contribution < -0.4 is 20.1 Å². The largest absolute Gasteiger partial charge is 0.497 e. The van der Waals surface area contributed by atoms with Crippen LogP contribution in [0.25, 0.3) is 0 Å². The maximum Gasteiger partial charge on any atom is 0.172 e. The Morgan fingerprint density at radius 3 is 2.70 bits per heavy atom. The second-order valence-electron chi connectivity index (χ2n) is 4.50. The van der Waals surface area contributed by atoms with Crippen molar-refractivity contribution in [2.45, 2.75) is 6.42 Å². The number of nitrogens with zero attached hydrogens (tertiary/aromatic N) is 2. The predicted octanol–water partition coefficient (Wildman–Crippen LogP) is 2.68. The number of nitrogens with one attached hydrogen (secondary N) is 2. The summed E-state index contributed by atoms with van der Waals surface area (Å²) in [6, 6.07) is 5.72. The van der Waals surface area contributed by atoms with Gasteiger partial charge in [-0.15, -0.1) is 0 Å². The van der Waals surface area contributed by atoms with Gasteiger partial charge < -0.3 is 20.1 Å². The van der Waals surface area contributed by atoms with E-state index < -0.39 is 0 Å². The lowest BCUT2D eigenvalue weighted by atomic mass is 10.1. The third-order valence-corrected chi connectivity index (χ3v) is 3.58. The Labute approximate surface area is 145 Å². The number of benzene rings is 1. The van der Waals surface area contributed by atoms with Gasteiger partial charge in [0.05, 0.1) is 14.2 Å². The van der Waals surface area contributed by atoms with Gasteiger partial charge in [-0.05, 0) is 30.3 Å². The summed E-state index contributed by atoms with van der Waals surface area (Å²) in [5, 5.41) is 6.70. The van der Waals surface area contributed by atoms with Gasteiger partial charge in [0.25, 0.3) is 0 Å². The van der Waals surface area contributed by atoms with Gasteiger partial charge in [-0.2, -0.15) is 0 Å². The molecule has 0 aliphatic heterocycles. The predicted molar refractivity (Wildman–Crippen MR) is 94.5 cm³/mol. The van der Waals surface area contributed by atoms with Crippen molar-refractivity contribution >= 4 is 34.7 Å². The van der Waals surface area contributed by atoms with E-state index in [0.29, 0.717) is 17.5 Å². The van der Waals surface area contributed by atoms with E-state index in [4.69, 9.17) is 33.3 Å². The van der Waals surface area contributed by atoms with Crippen LogP contribution in [0.2, 0.25) is 5.15 Å². The van der Waals surface area contributed by atoms with Gasteiger partial charge in [-0.25, -0.2) is 9.97 Å². The van der Waals surface area contributed by atoms with E-state index in [0.717, 1.165) is 23.5 Å². The van der Waals surface area contributed by atoms with Crippen LogP contribution in [0, 0.1) is 0 Å². The smallest absolute Gasteiger partial charge is 0.172 e. The second kappa shape index (κ2) is 8.50. The lowest BCUT2D eigenvalue weighted by molar-refractivity contribution is 0.391. The molecule has 23 heavy (non-hydrogen) atoms. The molecule has 0 radical (unpaired) electrons. The highest BCUT2D eigenvalue weighted by Crippen LogP contribution is 2.24. The molecule has 0 fully saturated rings. The van der Waals surface area contributed by atoms with Crippen molar-refractivity contribution in [1.29, 1.82) is 0 Å². The molecule has 2 N–H and O–H groups in total. The number of rotatable bonds is 6. The second-order valence-corrected chi connectivity index (χ2v) is 5.27. The summed E-state index contributed by atoms with van der Waals surface area (Å²) in [5.74, 6) is 1.96. The van der Waals surface area contributed by atoms with Gasteiger partial charge in [-0.1, -0.05) is 17.7 Å². The zero-order valence-electron chi connectivity index (χ0n) is 12.8. The summed E-state index contributed by atoms with van der Waals surface area (Å²) in [5.41, 5.74) is 1.06. The molecule has 6 nitrogen and oxygen atoms in total. The van der Waals surface area contributed by atoms with Crippen LogP contribution in [-0.4, -0.2) is 35.8 Å². The fourth-order valence-corrected chi connectivity index (χ4v) is 2.28. The number of anilines is 1. The first-order chi connectivity index (χ1) is 11.1. The SMILES string of the molecule is COc1ccc(CCNC(=S)Nc2nccnc2Cl)c(OC)c1. The van der Waals surface area contributed by atoms with E-state index >= 15 is 0 Å². The van der Waals surface area contributed by atoms with Crippen molar-refractivity contribution in [2.75, 3.05) is 26.1 Å². The monoisotopic (exact) mass is 352 g/mol. The molecule has 8 heteroatoms. The van der Waals surface area contributed by atoms with Gasteiger partial charge in [0, 0.05) is 25.0 Å². The molecule has 0 unspecified atom stereocenters. The summed E-state index contributed by atoms with van der Waals surface area (Å²) in [7, 11) is 3.26. The zero-order chi connectivity index (χ0) is 16.7. The first kappa shape index (κ1) is 17.2. The van der Waals surface area contributed by atoms with E-state index in [-0.39, 0.29) is 5.15 Å². The van der Waals surface area contributed by atoms with E-state index in [1.165, 1.54) is 6.20 Å². The molecule has 1 aromatic heterocycles. The van der Waals surface area contributed by atoms with Crippen molar-refractivity contribution in [2.24, 2.45) is 0 Å². The Morgan fingerprint density at radius 2 is 2.00 bits per heavy atom. The third-order valence-electron chi connectivity index (χ3n) is 3.06. The number of hydrogen-bond acceptors (Lipinski definition) is 5. The van der Waals surface area contributed by atoms with Crippen LogP contribution in [-0.2, 0) is 6.42 Å². The Morgan fingerprint density at radius 1 is 1.22 bits per heavy atom. The molecule has 122 valence electrons. The number of methoxy groups -OCH3 is 2. The van der Waals surface area contributed by atoms with E-state index in [1.807, 2.05) is 18.2 Å². The highest BCUT2D eigenvalue weighted by Gasteiger charge is 2.07. The fourth-order valence-electron chi connectivity index (χ4n) is 1.93. The minimum Gasteiger partial charge on any atom is -0.497 e. The highest BCUT2D eigenvalue weighted by molar-refractivity contribution is 7.80. The topological polar surface area (TPSA) is 68.3 Å². The lowest BCUT2D eigenvalue weighted by Crippen LogP contribution is -2.30. The normalized spacial score (nSPS) is 10.0. The van der Waals surface area contributed by atoms with Crippen LogP contribution in [0.4, 0.5) is 5.82 Å². The summed E-state index contributed by atoms with van der Waals surface area (Å²) in [6.07, 6.45) is 3.79. The van der Waals surface area contributed by atoms with Crippen molar-refractivity contribution < 1.29 is 9.47 Å². The molecule has 0 atom stereocenters. The molecule has 2 rings (SSSR count). The van der Waals surface area contributed by atoms with Crippen molar-refractivity contribution in [1.82, 2.24) is 15.3 Å². The van der Waals surface area contributed by atoms with Gasteiger partial charge in [0.1, 0.15) is 11.5 Å². The quantitative estimate of drug-likeness (QED) is 0.774. The number of aromatic nitrogens is 2. The maximum atomic E-state index is 5.91. The maximum absolute atomic E-state index is 5.91. The molecule has 0 saturated carbocycles. The minimum absolute atomic E-state index is 0.272. The molecule has 1 heterocycles. The summed E-state index contributed by atoms with van der Waals surface area (Å²) in [6.45, 7) is 0.631. The molecule has 1 aromatic carbocycles. The summed E-state index contributed by atoms with van der Waals surface area (Å²) < 4.78 is 10.5. The van der Waals surface area contributed by atoms with Crippen LogP contribution in [0.1, 0.15) is 5.56 Å². The summed E-state index contributed by atoms with van der Waals surface area (Å²) in [4.78, 5) is 7.99. The van der Waals surface area contributed by atoms with E-state index in [1.54, 1.807) is 20.4 Å². The molecule has 0 amide bonds. The van der Waals surface area contributed by atoms with E-state index in [9.17, 15) is 0 Å². The molecule has 0 saturated heterocycles. The van der Waals surface area contributed by atoms with E-state index in [2.05, 4.69) is 20.6 Å². The Hall–Kier alpha value is -2.12. The van der Waals surface area contributed by atoms with Crippen LogP contribution in [0.15, 0.2) is 30.6 Å². The molecular weight excluding hydrogens is 336 g/mol. The lowest BCUT2D eigenvalue weighted by Gasteiger charge is -2.12. The van der Waals surface area contributed by atoms with Gasteiger partial charge in [0.15, 0.2) is 16.1 Å². The van der Waals surface area contributed by atoms with Crippen LogP contribution >= 0.6 is 23.8 Å². The number of thiocarbonyl (C=S) groups is 1. The fraction of sp³-hybridized carbons (Fsp3) is 0.267. The van der Waals surface area contributed by atoms with Gasteiger partial charge in [-0.3, -0.25) is 0 Å². The van der Waals surface area contributed by atoms with Crippen molar-refractivity contribution in [3.63, 3.8) is 0 Å². The first-order valence-corrected chi connectivity index (χ1v) is 7.65. The van der Waals surface area contributed by atoms with Gasteiger partial charge in [0.2, 0.25) is 0 Å². The number of ether oxygens (including phenoxy) is 2. The van der Waals surface area contributed by atoms with Crippen molar-refractivity contribution in [3.05, 3.63) is 41.3 Å². The minimum atomic E-state index is 0.272. The van der Waals surface area contributed by atoms with Gasteiger partial charge >= 0.3 is 0 Å². The van der Waals surface area contributed by atoms with Crippen molar-refractivity contribution in [3.8, 4) is 11.5 Å². The highest BCUT2D eigenvalue weighted by atomic mass is 35.5. The molecule has 0 bridgehead atoms. The molecule has 0 spiro atoms. The Bertz CT molecular complexity index is 684. The molecule has 0 aliphatic carbocycles. The molecule has 2 aromatic rings. The molecular formula is C15H17ClN4O2S. The van der Waals surface area contributed by atoms with Crippen LogP contribution in [0.5, 0.6) is 11.5 Å². The number of hydrogen-bond donors (Lipinski definition) is 2. The van der Waals surface area contributed by atoms with Crippen LogP contribution in [0.3, 0.4) is 0 Å². The standard InChI is InChI=1S/C15H17ClN4O2S/c1-21-11-4-3-10(12(9-11)22-2)5-6-19-15(23)20-14-13(16)17-7-8-18-14/h3-4,7-9H,5-6H2,1-2H3,(H2,18,19,20,23). The Kier molecular flexibility index (Phi) is 6.37. The zero-order valence-corrected chi connectivity index (χ0v) is 14.4.